The highest BCUT2D eigenvalue weighted by atomic mass is 16.5. The van der Waals surface area contributed by atoms with Gasteiger partial charge in [-0.05, 0) is 38.0 Å². The molecule has 2 heterocycles. The normalized spacial score (nSPS) is 17.3. The lowest BCUT2D eigenvalue weighted by atomic mass is 10.0. The average Bonchev–Trinajstić information content (AvgIpc) is 3.11. The maximum absolute atomic E-state index is 12.5. The molecular formula is C20H27N3O3. The number of aromatic nitrogens is 1. The van der Waals surface area contributed by atoms with Crippen molar-refractivity contribution in [1.29, 1.82) is 0 Å². The number of fused-ring (bicyclic) bond motifs is 1. The summed E-state index contributed by atoms with van der Waals surface area (Å²) in [4.78, 5) is 29.7. The maximum atomic E-state index is 12.5. The Labute approximate surface area is 153 Å². The Morgan fingerprint density at radius 1 is 1.35 bits per heavy atom. The number of hydrogen-bond donors (Lipinski definition) is 2. The van der Waals surface area contributed by atoms with Gasteiger partial charge in [-0.25, -0.2) is 0 Å². The molecule has 0 aliphatic carbocycles. The Hall–Kier alpha value is -2.34. The zero-order valence-corrected chi connectivity index (χ0v) is 15.9. The van der Waals surface area contributed by atoms with Crippen LogP contribution in [-0.2, 0) is 20.9 Å². The molecule has 1 fully saturated rings. The van der Waals surface area contributed by atoms with Gasteiger partial charge in [0, 0.05) is 44.2 Å². The van der Waals surface area contributed by atoms with Crippen LogP contribution in [0.3, 0.4) is 0 Å². The van der Waals surface area contributed by atoms with Gasteiger partial charge in [0.1, 0.15) is 0 Å². The highest BCUT2D eigenvalue weighted by molar-refractivity contribution is 5.90. The van der Waals surface area contributed by atoms with Crippen molar-refractivity contribution in [3.05, 3.63) is 34.5 Å². The standard InChI is InChI=1S/C20H27N3O3/c1-12-7-15(19-17(8-12)13(2)14(3)22-19)10-21-20(25)16-9-18(24)23(11-16)5-6-26-4/h7-8,16,22H,5-6,9-11H2,1-4H3,(H,21,25). The molecule has 1 aromatic carbocycles. The van der Waals surface area contributed by atoms with Crippen LogP contribution in [-0.4, -0.2) is 48.5 Å². The fourth-order valence-corrected chi connectivity index (χ4v) is 3.62. The molecule has 1 aliphatic heterocycles. The number of nitrogens with one attached hydrogen (secondary N) is 2. The fraction of sp³-hybridized carbons (Fsp3) is 0.500. The monoisotopic (exact) mass is 357 g/mol. The number of hydrogen-bond acceptors (Lipinski definition) is 3. The van der Waals surface area contributed by atoms with E-state index in [0.717, 1.165) is 16.8 Å². The van der Waals surface area contributed by atoms with Gasteiger partial charge in [0.15, 0.2) is 0 Å². The minimum Gasteiger partial charge on any atom is -0.383 e. The summed E-state index contributed by atoms with van der Waals surface area (Å²) in [5.41, 5.74) is 5.71. The number of H-pyrrole nitrogens is 1. The molecule has 1 atom stereocenters. The summed E-state index contributed by atoms with van der Waals surface area (Å²) in [7, 11) is 1.61. The number of carbonyl (C=O) groups is 2. The number of benzene rings is 1. The molecule has 0 bridgehead atoms. The molecule has 2 amide bonds. The Kier molecular flexibility index (Phi) is 5.32. The number of ether oxygens (including phenoxy) is 1. The average molecular weight is 357 g/mol. The van der Waals surface area contributed by atoms with Gasteiger partial charge in [-0.2, -0.15) is 0 Å². The van der Waals surface area contributed by atoms with Crippen LogP contribution in [0.2, 0.25) is 0 Å². The molecule has 1 aromatic heterocycles. The first-order valence-corrected chi connectivity index (χ1v) is 9.03. The lowest BCUT2D eigenvalue weighted by Crippen LogP contribution is -2.33. The molecule has 1 aliphatic rings. The zero-order valence-electron chi connectivity index (χ0n) is 15.9. The second-order valence-corrected chi connectivity index (χ2v) is 7.17. The summed E-state index contributed by atoms with van der Waals surface area (Å²) >= 11 is 0. The Morgan fingerprint density at radius 2 is 2.12 bits per heavy atom. The number of carbonyl (C=O) groups excluding carboxylic acids is 2. The molecule has 6 heteroatoms. The molecule has 0 saturated carbocycles. The summed E-state index contributed by atoms with van der Waals surface area (Å²) in [5, 5.41) is 4.22. The number of methoxy groups -OCH3 is 1. The van der Waals surface area contributed by atoms with Gasteiger partial charge in [0.25, 0.3) is 0 Å². The van der Waals surface area contributed by atoms with Crippen LogP contribution >= 0.6 is 0 Å². The van der Waals surface area contributed by atoms with E-state index in [1.807, 2.05) is 0 Å². The number of aryl methyl sites for hydroxylation is 3. The summed E-state index contributed by atoms with van der Waals surface area (Å²) in [6.45, 7) is 8.19. The first kappa shape index (κ1) is 18.5. The third kappa shape index (κ3) is 3.60. The molecule has 2 aromatic rings. The summed E-state index contributed by atoms with van der Waals surface area (Å²) in [6.07, 6.45) is 0.277. The smallest absolute Gasteiger partial charge is 0.225 e. The molecule has 6 nitrogen and oxygen atoms in total. The quantitative estimate of drug-likeness (QED) is 0.832. The first-order chi connectivity index (χ1) is 12.4. The molecule has 1 unspecified atom stereocenters. The molecule has 2 N–H and O–H groups in total. The molecular weight excluding hydrogens is 330 g/mol. The second kappa shape index (κ2) is 7.50. The molecule has 0 radical (unpaired) electrons. The van der Waals surface area contributed by atoms with Crippen molar-refractivity contribution >= 4 is 22.7 Å². The third-order valence-electron chi connectivity index (χ3n) is 5.25. The van der Waals surface area contributed by atoms with Gasteiger partial charge in [-0.3, -0.25) is 9.59 Å². The van der Waals surface area contributed by atoms with Gasteiger partial charge in [0.2, 0.25) is 11.8 Å². The third-order valence-corrected chi connectivity index (χ3v) is 5.25. The summed E-state index contributed by atoms with van der Waals surface area (Å²) in [5.74, 6) is -0.324. The van der Waals surface area contributed by atoms with Crippen LogP contribution in [0.5, 0.6) is 0 Å². The van der Waals surface area contributed by atoms with E-state index in [0.29, 0.717) is 26.2 Å². The van der Waals surface area contributed by atoms with Gasteiger partial charge >= 0.3 is 0 Å². The van der Waals surface area contributed by atoms with Gasteiger partial charge in [0.05, 0.1) is 18.0 Å². The second-order valence-electron chi connectivity index (χ2n) is 7.17. The topological polar surface area (TPSA) is 74.4 Å². The molecule has 140 valence electrons. The van der Waals surface area contributed by atoms with Crippen molar-refractivity contribution in [3.63, 3.8) is 0 Å². The van der Waals surface area contributed by atoms with E-state index in [1.54, 1.807) is 12.0 Å². The largest absolute Gasteiger partial charge is 0.383 e. The van der Waals surface area contributed by atoms with E-state index in [2.05, 4.69) is 43.2 Å². The Balaban J connectivity index is 1.68. The van der Waals surface area contributed by atoms with Crippen LogP contribution in [0.25, 0.3) is 10.9 Å². The first-order valence-electron chi connectivity index (χ1n) is 9.03. The number of aromatic amines is 1. The van der Waals surface area contributed by atoms with Crippen molar-refractivity contribution in [1.82, 2.24) is 15.2 Å². The minimum absolute atomic E-state index is 0.0239. The predicted molar refractivity (Wildman–Crippen MR) is 101 cm³/mol. The summed E-state index contributed by atoms with van der Waals surface area (Å²) in [6, 6.07) is 4.27. The van der Waals surface area contributed by atoms with Crippen LogP contribution in [0.15, 0.2) is 12.1 Å². The van der Waals surface area contributed by atoms with E-state index in [1.165, 1.54) is 16.5 Å². The van der Waals surface area contributed by atoms with E-state index in [4.69, 9.17) is 4.74 Å². The van der Waals surface area contributed by atoms with Crippen molar-refractivity contribution in [2.24, 2.45) is 5.92 Å². The zero-order chi connectivity index (χ0) is 18.8. The molecule has 0 spiro atoms. The lowest BCUT2D eigenvalue weighted by molar-refractivity contribution is -0.129. The van der Waals surface area contributed by atoms with E-state index in [-0.39, 0.29) is 24.2 Å². The highest BCUT2D eigenvalue weighted by Gasteiger charge is 2.33. The molecule has 26 heavy (non-hydrogen) atoms. The van der Waals surface area contributed by atoms with E-state index >= 15 is 0 Å². The lowest BCUT2D eigenvalue weighted by Gasteiger charge is -2.16. The van der Waals surface area contributed by atoms with Gasteiger partial charge in [-0.15, -0.1) is 0 Å². The Bertz CT molecular complexity index is 840. The number of amides is 2. The van der Waals surface area contributed by atoms with Crippen LogP contribution in [0.1, 0.15) is 28.8 Å². The van der Waals surface area contributed by atoms with Crippen molar-refractivity contribution in [2.75, 3.05) is 26.8 Å². The maximum Gasteiger partial charge on any atom is 0.225 e. The molecule has 3 rings (SSSR count). The van der Waals surface area contributed by atoms with Gasteiger partial charge < -0.3 is 19.9 Å². The highest BCUT2D eigenvalue weighted by Crippen LogP contribution is 2.26. The number of likely N-dealkylation sites (tertiary alicyclic amines) is 1. The van der Waals surface area contributed by atoms with Crippen LogP contribution < -0.4 is 5.32 Å². The van der Waals surface area contributed by atoms with Crippen molar-refractivity contribution in [2.45, 2.75) is 33.7 Å². The minimum atomic E-state index is -0.285. The van der Waals surface area contributed by atoms with Gasteiger partial charge in [-0.1, -0.05) is 11.6 Å². The number of rotatable bonds is 6. The van der Waals surface area contributed by atoms with Crippen LogP contribution in [0.4, 0.5) is 0 Å². The SMILES string of the molecule is COCCN1CC(C(=O)NCc2cc(C)cc3c(C)c(C)[nH]c23)CC1=O. The van der Waals surface area contributed by atoms with E-state index < -0.39 is 0 Å². The number of nitrogens with zero attached hydrogens (tertiary/aromatic N) is 1. The van der Waals surface area contributed by atoms with Crippen LogP contribution in [0, 0.1) is 26.7 Å². The van der Waals surface area contributed by atoms with Crippen molar-refractivity contribution in [3.8, 4) is 0 Å². The molecule has 1 saturated heterocycles. The predicted octanol–water partition coefficient (Wildman–Crippen LogP) is 2.20. The van der Waals surface area contributed by atoms with E-state index in [9.17, 15) is 9.59 Å². The Morgan fingerprint density at radius 3 is 2.85 bits per heavy atom. The van der Waals surface area contributed by atoms with Crippen molar-refractivity contribution < 1.29 is 14.3 Å². The fourth-order valence-electron chi connectivity index (χ4n) is 3.62. The summed E-state index contributed by atoms with van der Waals surface area (Å²) < 4.78 is 5.02.